The maximum Gasteiger partial charge on any atom is 0.251 e. The number of rotatable bonds is 8. The van der Waals surface area contributed by atoms with Gasteiger partial charge in [0.1, 0.15) is 18.0 Å². The molecule has 0 bridgehead atoms. The van der Waals surface area contributed by atoms with E-state index in [1.807, 2.05) is 24.4 Å². The van der Waals surface area contributed by atoms with Crippen molar-refractivity contribution in [2.75, 3.05) is 56.5 Å². The van der Waals surface area contributed by atoms with Crippen LogP contribution in [0.5, 0.6) is 0 Å². The van der Waals surface area contributed by atoms with E-state index in [0.29, 0.717) is 12.1 Å². The number of piperazine rings is 1. The van der Waals surface area contributed by atoms with E-state index in [9.17, 15) is 4.79 Å². The summed E-state index contributed by atoms with van der Waals surface area (Å²) in [4.78, 5) is 35.3. The van der Waals surface area contributed by atoms with Crippen LogP contribution in [0.25, 0.3) is 22.2 Å². The zero-order valence-electron chi connectivity index (χ0n) is 22.2. The molecular formula is C29H34N8O. The van der Waals surface area contributed by atoms with Crippen LogP contribution in [-0.2, 0) is 0 Å². The summed E-state index contributed by atoms with van der Waals surface area (Å²) >= 11 is 0. The molecule has 3 aromatic heterocycles. The minimum absolute atomic E-state index is 0.115. The standard InChI is InChI=1S/C29H34N8O/c1-4-36-12-14-37(15-13-36)27-9-8-21(18-33-27)25-16-26(35-19-34-25)32-17-20(2)22-6-5-7-23-24(29(38)30-3)10-11-31-28(22)23/h5-11,16,18-20H,4,12-15,17H2,1-3H3,(H,30,38)(H,32,34,35)/t20-/m1/s1. The number of carbonyl (C=O) groups excluding carboxylic acids is 1. The molecular weight excluding hydrogens is 476 g/mol. The molecule has 4 aromatic rings. The zero-order valence-corrected chi connectivity index (χ0v) is 22.2. The van der Waals surface area contributed by atoms with Crippen molar-refractivity contribution >= 4 is 28.4 Å². The fourth-order valence-electron chi connectivity index (χ4n) is 4.93. The van der Waals surface area contributed by atoms with Crippen LogP contribution in [-0.4, -0.2) is 77.1 Å². The van der Waals surface area contributed by atoms with Gasteiger partial charge in [0.15, 0.2) is 0 Å². The molecule has 0 aliphatic carbocycles. The highest BCUT2D eigenvalue weighted by Gasteiger charge is 2.17. The van der Waals surface area contributed by atoms with Crippen LogP contribution in [0.3, 0.4) is 0 Å². The average molecular weight is 511 g/mol. The van der Waals surface area contributed by atoms with Crippen molar-refractivity contribution in [2.45, 2.75) is 19.8 Å². The number of carbonyl (C=O) groups is 1. The van der Waals surface area contributed by atoms with Crippen LogP contribution in [0.15, 0.2) is 61.2 Å². The number of likely N-dealkylation sites (N-methyl/N-ethyl adjacent to an activating group) is 1. The number of para-hydroxylation sites is 1. The maximum absolute atomic E-state index is 12.3. The first-order valence-electron chi connectivity index (χ1n) is 13.2. The number of nitrogens with one attached hydrogen (secondary N) is 2. The predicted molar refractivity (Wildman–Crippen MR) is 152 cm³/mol. The van der Waals surface area contributed by atoms with Gasteiger partial charge in [0.05, 0.1) is 16.8 Å². The van der Waals surface area contributed by atoms with E-state index in [-0.39, 0.29) is 11.8 Å². The minimum atomic E-state index is -0.115. The van der Waals surface area contributed by atoms with Crippen LogP contribution < -0.4 is 15.5 Å². The molecule has 0 radical (unpaired) electrons. The van der Waals surface area contributed by atoms with E-state index in [2.05, 4.69) is 67.4 Å². The first-order chi connectivity index (χ1) is 18.6. The van der Waals surface area contributed by atoms with Crippen molar-refractivity contribution in [3.63, 3.8) is 0 Å². The van der Waals surface area contributed by atoms with Gasteiger partial charge < -0.3 is 20.4 Å². The smallest absolute Gasteiger partial charge is 0.251 e. The maximum atomic E-state index is 12.3. The summed E-state index contributed by atoms with van der Waals surface area (Å²) in [7, 11) is 1.64. The molecule has 0 saturated carbocycles. The Bertz CT molecular complexity index is 1400. The highest BCUT2D eigenvalue weighted by atomic mass is 16.1. The minimum Gasteiger partial charge on any atom is -0.369 e. The number of anilines is 2. The molecule has 1 aromatic carbocycles. The third-order valence-corrected chi connectivity index (χ3v) is 7.25. The first kappa shape index (κ1) is 25.5. The summed E-state index contributed by atoms with van der Waals surface area (Å²) in [5, 5.41) is 7.01. The van der Waals surface area contributed by atoms with Crippen LogP contribution in [0.1, 0.15) is 35.7 Å². The highest BCUT2D eigenvalue weighted by molar-refractivity contribution is 6.06. The molecule has 1 saturated heterocycles. The fourth-order valence-corrected chi connectivity index (χ4v) is 4.93. The van der Waals surface area contributed by atoms with E-state index in [4.69, 9.17) is 4.98 Å². The summed E-state index contributed by atoms with van der Waals surface area (Å²) in [6.45, 7) is 10.2. The van der Waals surface area contributed by atoms with Gasteiger partial charge in [0.25, 0.3) is 5.91 Å². The Morgan fingerprint density at radius 3 is 2.61 bits per heavy atom. The number of nitrogens with zero attached hydrogens (tertiary/aromatic N) is 6. The van der Waals surface area contributed by atoms with Crippen LogP contribution >= 0.6 is 0 Å². The molecule has 38 heavy (non-hydrogen) atoms. The van der Waals surface area contributed by atoms with Gasteiger partial charge >= 0.3 is 0 Å². The quantitative estimate of drug-likeness (QED) is 0.369. The molecule has 1 amide bonds. The largest absolute Gasteiger partial charge is 0.369 e. The van der Waals surface area contributed by atoms with Gasteiger partial charge in [-0.3, -0.25) is 9.78 Å². The molecule has 1 aliphatic rings. The molecule has 0 spiro atoms. The lowest BCUT2D eigenvalue weighted by atomic mass is 9.96. The van der Waals surface area contributed by atoms with Gasteiger partial charge in [-0.15, -0.1) is 0 Å². The van der Waals surface area contributed by atoms with Crippen molar-refractivity contribution in [1.82, 2.24) is 30.2 Å². The van der Waals surface area contributed by atoms with E-state index >= 15 is 0 Å². The number of fused-ring (bicyclic) bond motifs is 1. The first-order valence-corrected chi connectivity index (χ1v) is 13.2. The van der Waals surface area contributed by atoms with Gasteiger partial charge in [0.2, 0.25) is 0 Å². The Morgan fingerprint density at radius 2 is 1.87 bits per heavy atom. The Labute approximate surface area is 223 Å². The van der Waals surface area contributed by atoms with E-state index in [0.717, 1.165) is 72.1 Å². The van der Waals surface area contributed by atoms with E-state index in [1.165, 1.54) is 0 Å². The lowest BCUT2D eigenvalue weighted by Crippen LogP contribution is -2.46. The third-order valence-electron chi connectivity index (χ3n) is 7.25. The molecule has 4 heterocycles. The summed E-state index contributed by atoms with van der Waals surface area (Å²) in [5.74, 6) is 1.78. The monoisotopic (exact) mass is 510 g/mol. The molecule has 9 heteroatoms. The van der Waals surface area contributed by atoms with E-state index < -0.39 is 0 Å². The Kier molecular flexibility index (Phi) is 7.74. The van der Waals surface area contributed by atoms with Crippen molar-refractivity contribution < 1.29 is 4.79 Å². The van der Waals surface area contributed by atoms with Crippen molar-refractivity contribution in [1.29, 1.82) is 0 Å². The van der Waals surface area contributed by atoms with Crippen molar-refractivity contribution in [3.8, 4) is 11.3 Å². The van der Waals surface area contributed by atoms with Gasteiger partial charge in [-0.1, -0.05) is 32.0 Å². The molecule has 9 nitrogen and oxygen atoms in total. The summed E-state index contributed by atoms with van der Waals surface area (Å²) in [6, 6.07) is 13.8. The summed E-state index contributed by atoms with van der Waals surface area (Å²) in [5.41, 5.74) is 4.33. The van der Waals surface area contributed by atoms with Crippen LogP contribution in [0, 0.1) is 0 Å². The SMILES string of the molecule is CCN1CCN(c2ccc(-c3cc(NC[C@@H](C)c4cccc5c(C(=O)NC)ccnc45)ncn3)cn2)CC1. The summed E-state index contributed by atoms with van der Waals surface area (Å²) < 4.78 is 0. The number of benzene rings is 1. The highest BCUT2D eigenvalue weighted by Crippen LogP contribution is 2.27. The van der Waals surface area contributed by atoms with Crippen LogP contribution in [0.4, 0.5) is 11.6 Å². The van der Waals surface area contributed by atoms with Gasteiger partial charge in [-0.05, 0) is 30.3 Å². The average Bonchev–Trinajstić information content (AvgIpc) is 2.99. The Balaban J connectivity index is 1.27. The number of amides is 1. The second-order valence-corrected chi connectivity index (χ2v) is 9.58. The summed E-state index contributed by atoms with van der Waals surface area (Å²) in [6.07, 6.45) is 5.16. The topological polar surface area (TPSA) is 99.2 Å². The second-order valence-electron chi connectivity index (χ2n) is 9.58. The van der Waals surface area contributed by atoms with Crippen molar-refractivity contribution in [2.24, 2.45) is 0 Å². The van der Waals surface area contributed by atoms with Crippen molar-refractivity contribution in [3.05, 3.63) is 72.3 Å². The lowest BCUT2D eigenvalue weighted by molar-refractivity contribution is 0.0964. The zero-order chi connectivity index (χ0) is 26.5. The molecule has 2 N–H and O–H groups in total. The normalized spacial score (nSPS) is 14.9. The number of hydrogen-bond donors (Lipinski definition) is 2. The van der Waals surface area contributed by atoms with E-state index in [1.54, 1.807) is 25.6 Å². The number of pyridine rings is 2. The molecule has 0 unspecified atom stereocenters. The molecule has 5 rings (SSSR count). The second kappa shape index (κ2) is 11.5. The van der Waals surface area contributed by atoms with Gasteiger partial charge in [-0.25, -0.2) is 15.0 Å². The molecule has 196 valence electrons. The van der Waals surface area contributed by atoms with Gasteiger partial charge in [0, 0.05) is 75.1 Å². The predicted octanol–water partition coefficient (Wildman–Crippen LogP) is 3.80. The fraction of sp³-hybridized carbons (Fsp3) is 0.345. The third kappa shape index (κ3) is 5.43. The Morgan fingerprint density at radius 1 is 1.03 bits per heavy atom. The molecule has 1 atom stereocenters. The number of hydrogen-bond acceptors (Lipinski definition) is 8. The molecule has 1 fully saturated rings. The van der Waals surface area contributed by atoms with Gasteiger partial charge in [-0.2, -0.15) is 0 Å². The lowest BCUT2D eigenvalue weighted by Gasteiger charge is -2.34. The van der Waals surface area contributed by atoms with Crippen LogP contribution in [0.2, 0.25) is 0 Å². The Hall–Kier alpha value is -4.11. The molecule has 1 aliphatic heterocycles. The number of aromatic nitrogens is 4.